The van der Waals surface area contributed by atoms with E-state index in [4.69, 9.17) is 5.11 Å². The van der Waals surface area contributed by atoms with Crippen molar-refractivity contribution >= 4 is 38.2 Å². The minimum absolute atomic E-state index is 0.0607. The highest BCUT2D eigenvalue weighted by molar-refractivity contribution is 7.91. The normalized spacial score (nSPS) is 17.1. The third kappa shape index (κ3) is 3.50. The van der Waals surface area contributed by atoms with Gasteiger partial charge in [-0.1, -0.05) is 18.2 Å². The molecule has 0 saturated heterocycles. The fourth-order valence-electron chi connectivity index (χ4n) is 3.78. The second kappa shape index (κ2) is 7.06. The van der Waals surface area contributed by atoms with Crippen LogP contribution in [0.2, 0.25) is 0 Å². The summed E-state index contributed by atoms with van der Waals surface area (Å²) in [4.78, 5) is 14.9. The summed E-state index contributed by atoms with van der Waals surface area (Å²) in [5.41, 5.74) is 3.23. The Labute approximate surface area is 160 Å². The molecular formula is C18H19N3O4S2. The summed E-state index contributed by atoms with van der Waals surface area (Å²) in [6.45, 7) is 0.417. The number of hydrogen-bond donors (Lipinski definition) is 2. The Hall–Kier alpha value is -2.23. The van der Waals surface area contributed by atoms with Gasteiger partial charge in [-0.3, -0.25) is 4.79 Å². The Kier molecular flexibility index (Phi) is 4.75. The number of carboxylic acid groups (broad SMARTS) is 1. The fraction of sp³-hybridized carbons (Fsp3) is 0.333. The lowest BCUT2D eigenvalue weighted by atomic mass is 9.92. The number of benzene rings is 1. The second-order valence-corrected chi connectivity index (χ2v) is 9.38. The van der Waals surface area contributed by atoms with Gasteiger partial charge >= 0.3 is 5.97 Å². The number of nitrogens with one attached hydrogen (secondary N) is 1. The molecule has 27 heavy (non-hydrogen) atoms. The summed E-state index contributed by atoms with van der Waals surface area (Å²) >= 11 is 1.10. The minimum atomic E-state index is -3.61. The van der Waals surface area contributed by atoms with Gasteiger partial charge in [-0.25, -0.2) is 18.1 Å². The predicted octanol–water partition coefficient (Wildman–Crippen LogP) is 2.41. The van der Waals surface area contributed by atoms with Gasteiger partial charge < -0.3 is 9.67 Å². The van der Waals surface area contributed by atoms with Crippen LogP contribution in [-0.4, -0.2) is 35.1 Å². The third-order valence-corrected chi connectivity index (χ3v) is 7.61. The van der Waals surface area contributed by atoms with E-state index in [0.717, 1.165) is 33.5 Å². The van der Waals surface area contributed by atoms with Crippen LogP contribution in [0.3, 0.4) is 0 Å². The first-order valence-electron chi connectivity index (χ1n) is 8.68. The van der Waals surface area contributed by atoms with Crippen LogP contribution in [0.4, 0.5) is 0 Å². The molecule has 3 aromatic rings. The Morgan fingerprint density at radius 3 is 2.93 bits per heavy atom. The van der Waals surface area contributed by atoms with Crippen molar-refractivity contribution in [2.24, 2.45) is 0 Å². The lowest BCUT2D eigenvalue weighted by Crippen LogP contribution is -2.39. The van der Waals surface area contributed by atoms with Gasteiger partial charge in [0, 0.05) is 40.8 Å². The molecule has 2 aromatic heterocycles. The molecule has 1 aromatic carbocycles. The highest BCUT2D eigenvalue weighted by Gasteiger charge is 2.29. The van der Waals surface area contributed by atoms with Crippen molar-refractivity contribution in [2.75, 3.05) is 0 Å². The first-order valence-corrected chi connectivity index (χ1v) is 11.0. The summed E-state index contributed by atoms with van der Waals surface area (Å²) < 4.78 is 29.9. The van der Waals surface area contributed by atoms with Gasteiger partial charge in [0.15, 0.2) is 0 Å². The molecule has 7 nitrogen and oxygen atoms in total. The van der Waals surface area contributed by atoms with Gasteiger partial charge in [-0.15, -0.1) is 11.3 Å². The van der Waals surface area contributed by atoms with Gasteiger partial charge in [0.1, 0.15) is 0 Å². The fourth-order valence-corrected chi connectivity index (χ4v) is 5.90. The maximum Gasteiger partial charge on any atom is 0.305 e. The summed E-state index contributed by atoms with van der Waals surface area (Å²) in [6, 6.07) is 7.69. The Bertz CT molecular complexity index is 1090. The topological polar surface area (TPSA) is 101 Å². The van der Waals surface area contributed by atoms with E-state index in [1.165, 1.54) is 6.20 Å². The molecule has 1 atom stereocenters. The zero-order valence-electron chi connectivity index (χ0n) is 14.5. The summed E-state index contributed by atoms with van der Waals surface area (Å²) in [7, 11) is -3.61. The van der Waals surface area contributed by atoms with E-state index in [2.05, 4.69) is 14.3 Å². The van der Waals surface area contributed by atoms with Crippen molar-refractivity contribution < 1.29 is 18.3 Å². The van der Waals surface area contributed by atoms with Crippen LogP contribution in [0.1, 0.15) is 24.1 Å². The van der Waals surface area contributed by atoms with Crippen LogP contribution < -0.4 is 4.72 Å². The second-order valence-electron chi connectivity index (χ2n) is 6.60. The third-order valence-electron chi connectivity index (χ3n) is 4.88. The van der Waals surface area contributed by atoms with Crippen LogP contribution in [-0.2, 0) is 34.2 Å². The maximum atomic E-state index is 12.5. The zero-order chi connectivity index (χ0) is 19.0. The maximum absolute atomic E-state index is 12.5. The molecule has 9 heteroatoms. The Morgan fingerprint density at radius 1 is 1.37 bits per heavy atom. The van der Waals surface area contributed by atoms with Crippen LogP contribution in [0.15, 0.2) is 40.2 Å². The van der Waals surface area contributed by atoms with Crippen molar-refractivity contribution in [2.45, 2.75) is 42.6 Å². The molecule has 2 heterocycles. The number of aromatic nitrogens is 2. The Morgan fingerprint density at radius 2 is 2.19 bits per heavy atom. The van der Waals surface area contributed by atoms with E-state index in [1.54, 1.807) is 5.38 Å². The number of sulfonamides is 1. The SMILES string of the molecule is O=C(O)CCn1c2c(c3ccccc31)C[C@H](NS(=O)(=O)c1nccs1)CC2. The van der Waals surface area contributed by atoms with Gasteiger partial charge in [0.2, 0.25) is 4.34 Å². The summed E-state index contributed by atoms with van der Waals surface area (Å²) in [6.07, 6.45) is 3.50. The van der Waals surface area contributed by atoms with E-state index < -0.39 is 16.0 Å². The smallest absolute Gasteiger partial charge is 0.305 e. The number of aryl methyl sites for hydroxylation is 1. The van der Waals surface area contributed by atoms with Gasteiger partial charge in [0.25, 0.3) is 10.0 Å². The molecule has 1 aliphatic rings. The summed E-state index contributed by atoms with van der Waals surface area (Å²) in [5.74, 6) is -0.827. The lowest BCUT2D eigenvalue weighted by Gasteiger charge is -2.24. The zero-order valence-corrected chi connectivity index (χ0v) is 16.1. The van der Waals surface area contributed by atoms with Crippen LogP contribution in [0.25, 0.3) is 10.9 Å². The van der Waals surface area contributed by atoms with Crippen LogP contribution >= 0.6 is 11.3 Å². The van der Waals surface area contributed by atoms with E-state index in [1.807, 2.05) is 24.3 Å². The van der Waals surface area contributed by atoms with Crippen LogP contribution in [0.5, 0.6) is 0 Å². The average Bonchev–Trinajstić information content (AvgIpc) is 3.27. The monoisotopic (exact) mass is 405 g/mol. The van der Waals surface area contributed by atoms with Gasteiger partial charge in [-0.05, 0) is 30.9 Å². The van der Waals surface area contributed by atoms with Crippen molar-refractivity contribution in [3.8, 4) is 0 Å². The van der Waals surface area contributed by atoms with Crippen molar-refractivity contribution in [1.29, 1.82) is 0 Å². The molecule has 2 N–H and O–H groups in total. The molecule has 0 amide bonds. The number of thiazole rings is 1. The molecule has 0 aliphatic heterocycles. The lowest BCUT2D eigenvalue weighted by molar-refractivity contribution is -0.137. The number of rotatable bonds is 6. The first kappa shape index (κ1) is 18.1. The number of carboxylic acids is 1. The number of aliphatic carboxylic acids is 1. The highest BCUT2D eigenvalue weighted by Crippen LogP contribution is 2.33. The first-order chi connectivity index (χ1) is 13.0. The number of fused-ring (bicyclic) bond motifs is 3. The van der Waals surface area contributed by atoms with Crippen molar-refractivity contribution in [3.05, 3.63) is 47.1 Å². The average molecular weight is 406 g/mol. The molecule has 142 valence electrons. The van der Waals surface area contributed by atoms with Gasteiger partial charge in [0.05, 0.1) is 6.42 Å². The van der Waals surface area contributed by atoms with Crippen molar-refractivity contribution in [1.82, 2.24) is 14.3 Å². The van der Waals surface area contributed by atoms with Gasteiger partial charge in [-0.2, -0.15) is 0 Å². The molecule has 0 bridgehead atoms. The standard InChI is InChI=1S/C18H19N3O4S2/c22-17(23)7-9-21-15-4-2-1-3-13(15)14-11-12(5-6-16(14)21)20-27(24,25)18-19-8-10-26-18/h1-4,8,10,12,20H,5-7,9,11H2,(H,22,23)/t12-/m1/s1. The quantitative estimate of drug-likeness (QED) is 0.656. The minimum Gasteiger partial charge on any atom is -0.481 e. The predicted molar refractivity (Wildman–Crippen MR) is 102 cm³/mol. The molecule has 0 fully saturated rings. The Balaban J connectivity index is 1.65. The number of nitrogens with zero attached hydrogens (tertiary/aromatic N) is 2. The van der Waals surface area contributed by atoms with E-state index in [0.29, 0.717) is 25.8 Å². The largest absolute Gasteiger partial charge is 0.481 e. The molecule has 0 spiro atoms. The van der Waals surface area contributed by atoms with Crippen molar-refractivity contribution in [3.63, 3.8) is 0 Å². The number of para-hydroxylation sites is 1. The van der Waals surface area contributed by atoms with E-state index in [-0.39, 0.29) is 16.8 Å². The molecule has 4 rings (SSSR count). The molecule has 0 unspecified atom stereocenters. The molecule has 0 saturated carbocycles. The van der Waals surface area contributed by atoms with Crippen LogP contribution in [0, 0.1) is 0 Å². The molecule has 1 aliphatic carbocycles. The number of hydrogen-bond acceptors (Lipinski definition) is 5. The number of carbonyl (C=O) groups is 1. The molecular weight excluding hydrogens is 386 g/mol. The van der Waals surface area contributed by atoms with E-state index in [9.17, 15) is 13.2 Å². The summed E-state index contributed by atoms with van der Waals surface area (Å²) in [5, 5.41) is 11.8. The highest BCUT2D eigenvalue weighted by atomic mass is 32.2. The van der Waals surface area contributed by atoms with E-state index >= 15 is 0 Å². The molecule has 0 radical (unpaired) electrons.